The van der Waals surface area contributed by atoms with Crippen molar-refractivity contribution in [3.63, 3.8) is 0 Å². The van der Waals surface area contributed by atoms with Crippen molar-refractivity contribution in [1.29, 1.82) is 5.26 Å². The molecule has 1 aromatic rings. The predicted molar refractivity (Wildman–Crippen MR) is 55.4 cm³/mol. The lowest BCUT2D eigenvalue weighted by molar-refractivity contribution is 0.413. The smallest absolute Gasteiger partial charge is 0.136 e. The van der Waals surface area contributed by atoms with E-state index in [-0.39, 0.29) is 0 Å². The number of alkyl halides is 1. The molecule has 1 aromatic carbocycles. The Morgan fingerprint density at radius 1 is 1.58 bits per heavy atom. The fourth-order valence-corrected chi connectivity index (χ4v) is 1.39. The monoisotopic (exact) mass is 273 g/mol. The minimum atomic E-state index is 0.589. The Balaban J connectivity index is 3.13. The van der Waals surface area contributed by atoms with E-state index in [1.54, 1.807) is 13.2 Å². The highest BCUT2D eigenvalue weighted by atomic mass is 127. The second-order valence-corrected chi connectivity index (χ2v) is 3.04. The molecule has 0 aliphatic carbocycles. The van der Waals surface area contributed by atoms with Crippen LogP contribution in [-0.4, -0.2) is 7.11 Å². The zero-order valence-electron chi connectivity index (χ0n) is 6.67. The number of rotatable bonds is 2. The van der Waals surface area contributed by atoms with Gasteiger partial charge in [-0.1, -0.05) is 28.7 Å². The average molecular weight is 273 g/mol. The standard InChI is InChI=1S/C9H8INO/c1-12-9-4-7(5-10)2-3-8(9)6-11/h2-4H,5H2,1H3. The number of hydrogen-bond donors (Lipinski definition) is 0. The van der Waals surface area contributed by atoms with Gasteiger partial charge in [0, 0.05) is 4.43 Å². The van der Waals surface area contributed by atoms with E-state index in [1.165, 1.54) is 5.56 Å². The fourth-order valence-electron chi connectivity index (χ4n) is 0.911. The lowest BCUT2D eigenvalue weighted by Gasteiger charge is -2.03. The van der Waals surface area contributed by atoms with E-state index in [0.29, 0.717) is 11.3 Å². The second kappa shape index (κ2) is 4.31. The van der Waals surface area contributed by atoms with Crippen LogP contribution in [0.3, 0.4) is 0 Å². The number of hydrogen-bond acceptors (Lipinski definition) is 2. The second-order valence-electron chi connectivity index (χ2n) is 2.28. The van der Waals surface area contributed by atoms with Crippen LogP contribution in [0.4, 0.5) is 0 Å². The number of nitrogens with zero attached hydrogens (tertiary/aromatic N) is 1. The van der Waals surface area contributed by atoms with Crippen molar-refractivity contribution < 1.29 is 4.74 Å². The Kier molecular flexibility index (Phi) is 3.35. The van der Waals surface area contributed by atoms with Crippen LogP contribution in [0.1, 0.15) is 11.1 Å². The molecule has 0 aromatic heterocycles. The Morgan fingerprint density at radius 3 is 2.83 bits per heavy atom. The Morgan fingerprint density at radius 2 is 2.33 bits per heavy atom. The molecule has 0 amide bonds. The van der Waals surface area contributed by atoms with Crippen LogP contribution in [-0.2, 0) is 4.43 Å². The first kappa shape index (κ1) is 9.33. The molecule has 0 spiro atoms. The van der Waals surface area contributed by atoms with Crippen molar-refractivity contribution >= 4 is 22.6 Å². The van der Waals surface area contributed by atoms with Gasteiger partial charge in [0.05, 0.1) is 12.7 Å². The summed E-state index contributed by atoms with van der Waals surface area (Å²) >= 11 is 2.27. The van der Waals surface area contributed by atoms with Gasteiger partial charge in [-0.25, -0.2) is 0 Å². The summed E-state index contributed by atoms with van der Waals surface area (Å²) in [5.41, 5.74) is 1.76. The van der Waals surface area contributed by atoms with Crippen molar-refractivity contribution in [2.75, 3.05) is 7.11 Å². The minimum absolute atomic E-state index is 0.589. The van der Waals surface area contributed by atoms with Crippen molar-refractivity contribution in [3.05, 3.63) is 29.3 Å². The molecule has 0 saturated heterocycles. The van der Waals surface area contributed by atoms with Gasteiger partial charge in [-0.15, -0.1) is 0 Å². The van der Waals surface area contributed by atoms with Crippen molar-refractivity contribution in [2.24, 2.45) is 0 Å². The molecule has 0 bridgehead atoms. The molecule has 2 nitrogen and oxygen atoms in total. The number of ether oxygens (including phenoxy) is 1. The average Bonchev–Trinajstić information content (AvgIpc) is 2.16. The van der Waals surface area contributed by atoms with E-state index in [2.05, 4.69) is 28.7 Å². The summed E-state index contributed by atoms with van der Waals surface area (Å²) in [6.45, 7) is 0. The highest BCUT2D eigenvalue weighted by Crippen LogP contribution is 2.20. The molecule has 0 aliphatic heterocycles. The molecule has 0 heterocycles. The SMILES string of the molecule is COc1cc(CI)ccc1C#N. The van der Waals surface area contributed by atoms with Crippen LogP contribution < -0.4 is 4.74 Å². The number of nitriles is 1. The van der Waals surface area contributed by atoms with Crippen LogP contribution in [0, 0.1) is 11.3 Å². The molecule has 0 radical (unpaired) electrons. The summed E-state index contributed by atoms with van der Waals surface area (Å²) in [5, 5.41) is 8.68. The normalized spacial score (nSPS) is 9.08. The summed E-state index contributed by atoms with van der Waals surface area (Å²) in [7, 11) is 1.58. The molecular formula is C9H8INO. The molecule has 0 N–H and O–H groups in total. The van der Waals surface area contributed by atoms with Gasteiger partial charge in [0.15, 0.2) is 0 Å². The lowest BCUT2D eigenvalue weighted by atomic mass is 10.1. The Labute approximate surface area is 85.3 Å². The topological polar surface area (TPSA) is 33.0 Å². The van der Waals surface area contributed by atoms with Gasteiger partial charge in [-0.3, -0.25) is 0 Å². The third-order valence-electron chi connectivity index (χ3n) is 1.54. The van der Waals surface area contributed by atoms with Crippen LogP contribution in [0.5, 0.6) is 5.75 Å². The van der Waals surface area contributed by atoms with Crippen molar-refractivity contribution in [2.45, 2.75) is 4.43 Å². The van der Waals surface area contributed by atoms with E-state index >= 15 is 0 Å². The maximum absolute atomic E-state index is 8.68. The molecule has 1 rings (SSSR count). The van der Waals surface area contributed by atoms with Gasteiger partial charge in [-0.05, 0) is 17.7 Å². The van der Waals surface area contributed by atoms with Gasteiger partial charge >= 0.3 is 0 Å². The molecule has 0 unspecified atom stereocenters. The summed E-state index contributed by atoms with van der Waals surface area (Å²) in [6, 6.07) is 7.69. The van der Waals surface area contributed by atoms with Gasteiger partial charge < -0.3 is 4.74 Å². The summed E-state index contributed by atoms with van der Waals surface area (Å²) in [4.78, 5) is 0. The zero-order valence-corrected chi connectivity index (χ0v) is 8.83. The van der Waals surface area contributed by atoms with Gasteiger partial charge in [0.2, 0.25) is 0 Å². The van der Waals surface area contributed by atoms with Crippen molar-refractivity contribution in [3.8, 4) is 11.8 Å². The number of methoxy groups -OCH3 is 1. The maximum Gasteiger partial charge on any atom is 0.136 e. The van der Waals surface area contributed by atoms with Gasteiger partial charge in [0.25, 0.3) is 0 Å². The molecule has 12 heavy (non-hydrogen) atoms. The fraction of sp³-hybridized carbons (Fsp3) is 0.222. The van der Waals surface area contributed by atoms with E-state index in [1.807, 2.05) is 12.1 Å². The third kappa shape index (κ3) is 1.89. The zero-order chi connectivity index (χ0) is 8.97. The van der Waals surface area contributed by atoms with E-state index in [4.69, 9.17) is 10.00 Å². The number of halogens is 1. The minimum Gasteiger partial charge on any atom is -0.495 e. The molecule has 3 heteroatoms. The van der Waals surface area contributed by atoms with E-state index < -0.39 is 0 Å². The Hall–Kier alpha value is -0.760. The molecule has 0 saturated carbocycles. The number of benzene rings is 1. The highest BCUT2D eigenvalue weighted by Gasteiger charge is 2.01. The van der Waals surface area contributed by atoms with Gasteiger partial charge in [0.1, 0.15) is 11.8 Å². The van der Waals surface area contributed by atoms with Crippen molar-refractivity contribution in [1.82, 2.24) is 0 Å². The van der Waals surface area contributed by atoms with Crippen LogP contribution in [0.15, 0.2) is 18.2 Å². The lowest BCUT2D eigenvalue weighted by Crippen LogP contribution is -1.89. The Bertz CT molecular complexity index is 317. The van der Waals surface area contributed by atoms with Gasteiger partial charge in [-0.2, -0.15) is 5.26 Å². The summed E-state index contributed by atoms with van der Waals surface area (Å²) < 4.78 is 5.98. The first-order valence-electron chi connectivity index (χ1n) is 3.44. The maximum atomic E-state index is 8.68. The molecule has 0 aliphatic rings. The molecule has 0 fully saturated rings. The summed E-state index contributed by atoms with van der Waals surface area (Å²) in [5.74, 6) is 0.659. The molecule has 62 valence electrons. The first-order chi connectivity index (χ1) is 5.81. The van der Waals surface area contributed by atoms with Crippen LogP contribution in [0.25, 0.3) is 0 Å². The largest absolute Gasteiger partial charge is 0.495 e. The summed E-state index contributed by atoms with van der Waals surface area (Å²) in [6.07, 6.45) is 0. The van der Waals surface area contributed by atoms with Crippen LogP contribution >= 0.6 is 22.6 Å². The van der Waals surface area contributed by atoms with E-state index in [9.17, 15) is 0 Å². The predicted octanol–water partition coefficient (Wildman–Crippen LogP) is 2.50. The van der Waals surface area contributed by atoms with E-state index in [0.717, 1.165) is 4.43 Å². The third-order valence-corrected chi connectivity index (χ3v) is 2.42. The highest BCUT2D eigenvalue weighted by molar-refractivity contribution is 14.1. The quantitative estimate of drug-likeness (QED) is 0.612. The van der Waals surface area contributed by atoms with Crippen LogP contribution in [0.2, 0.25) is 0 Å². The molecular weight excluding hydrogens is 265 g/mol. The molecule has 0 atom stereocenters. The first-order valence-corrected chi connectivity index (χ1v) is 4.97.